The van der Waals surface area contributed by atoms with E-state index in [-0.39, 0.29) is 0 Å². The van der Waals surface area contributed by atoms with Gasteiger partial charge in [0.05, 0.1) is 0 Å². The van der Waals surface area contributed by atoms with Crippen LogP contribution in [-0.2, 0) is 0 Å². The third-order valence-corrected chi connectivity index (χ3v) is 4.99. The summed E-state index contributed by atoms with van der Waals surface area (Å²) in [6.45, 7) is 0. The van der Waals surface area contributed by atoms with Crippen LogP contribution < -0.4 is 0 Å². The number of rotatable bonds is 0. The smallest absolute Gasteiger partial charge is 0.0216 e. The van der Waals surface area contributed by atoms with E-state index < -0.39 is 0 Å². The van der Waals surface area contributed by atoms with Crippen LogP contribution in [0.15, 0.2) is 34.8 Å². The second kappa shape index (κ2) is 2.16. The quantitative estimate of drug-likeness (QED) is 0.608. The highest BCUT2D eigenvalue weighted by molar-refractivity contribution is 9.10. The van der Waals surface area contributed by atoms with Crippen molar-refractivity contribution in [3.63, 3.8) is 0 Å². The Kier molecular flexibility index (Phi) is 1.19. The average molecular weight is 247 g/mol. The van der Waals surface area contributed by atoms with Crippen molar-refractivity contribution in [1.29, 1.82) is 0 Å². The molecule has 14 heavy (non-hydrogen) atoms. The van der Waals surface area contributed by atoms with Crippen molar-refractivity contribution in [3.05, 3.63) is 46.0 Å². The Morgan fingerprint density at radius 1 is 1.14 bits per heavy atom. The maximum Gasteiger partial charge on any atom is 0.0216 e. The van der Waals surface area contributed by atoms with Gasteiger partial charge in [-0.05, 0) is 35.4 Å². The van der Waals surface area contributed by atoms with Crippen molar-refractivity contribution >= 4 is 15.9 Å². The van der Waals surface area contributed by atoms with Crippen LogP contribution in [0.5, 0.6) is 0 Å². The minimum absolute atomic E-state index is 0.631. The maximum atomic E-state index is 3.69. The molecular formula is C13H11Br. The van der Waals surface area contributed by atoms with Gasteiger partial charge in [-0.3, -0.25) is 0 Å². The first-order chi connectivity index (χ1) is 6.83. The molecule has 1 fully saturated rings. The molecule has 3 aliphatic carbocycles. The number of hydrogen-bond acceptors (Lipinski definition) is 0. The Hall–Kier alpha value is -0.560. The highest BCUT2D eigenvalue weighted by Crippen LogP contribution is 2.73. The van der Waals surface area contributed by atoms with Crippen LogP contribution in [0.3, 0.4) is 0 Å². The predicted molar refractivity (Wildman–Crippen MR) is 60.4 cm³/mol. The molecule has 70 valence electrons. The molecule has 3 aliphatic rings. The first-order valence-corrected chi connectivity index (χ1v) is 6.09. The Bertz CT molecular complexity index is 454. The van der Waals surface area contributed by atoms with Crippen molar-refractivity contribution in [1.82, 2.24) is 0 Å². The van der Waals surface area contributed by atoms with Gasteiger partial charge in [-0.1, -0.05) is 40.2 Å². The van der Waals surface area contributed by atoms with E-state index in [0.717, 1.165) is 11.8 Å². The molecule has 0 nitrogen and oxygen atoms in total. The lowest BCUT2D eigenvalue weighted by Gasteiger charge is -2.12. The van der Waals surface area contributed by atoms with Crippen molar-refractivity contribution in [3.8, 4) is 0 Å². The minimum atomic E-state index is 0.631. The summed E-state index contributed by atoms with van der Waals surface area (Å²) in [6, 6.07) is 6.67. The molecule has 0 amide bonds. The van der Waals surface area contributed by atoms with E-state index in [0.29, 0.717) is 5.41 Å². The molecule has 0 aromatic heterocycles. The van der Waals surface area contributed by atoms with Crippen molar-refractivity contribution < 1.29 is 0 Å². The van der Waals surface area contributed by atoms with Gasteiger partial charge in [0.25, 0.3) is 0 Å². The molecular weight excluding hydrogens is 236 g/mol. The fourth-order valence-electron chi connectivity index (χ4n) is 3.52. The summed E-state index contributed by atoms with van der Waals surface area (Å²) in [5, 5.41) is 0. The van der Waals surface area contributed by atoms with Gasteiger partial charge in [-0.2, -0.15) is 0 Å². The van der Waals surface area contributed by atoms with Gasteiger partial charge < -0.3 is 0 Å². The maximum absolute atomic E-state index is 3.69. The fraction of sp³-hybridized carbons (Fsp3) is 0.385. The monoisotopic (exact) mass is 246 g/mol. The van der Waals surface area contributed by atoms with E-state index in [2.05, 4.69) is 46.3 Å². The van der Waals surface area contributed by atoms with Crippen LogP contribution >= 0.6 is 15.9 Å². The molecule has 1 aromatic rings. The van der Waals surface area contributed by atoms with E-state index >= 15 is 0 Å². The molecule has 0 heterocycles. The molecule has 2 unspecified atom stereocenters. The zero-order valence-electron chi connectivity index (χ0n) is 7.83. The van der Waals surface area contributed by atoms with Crippen LogP contribution in [0.4, 0.5) is 0 Å². The van der Waals surface area contributed by atoms with E-state index in [1.165, 1.54) is 17.3 Å². The molecule has 2 atom stereocenters. The third kappa shape index (κ3) is 0.661. The van der Waals surface area contributed by atoms with E-state index in [1.54, 1.807) is 11.1 Å². The topological polar surface area (TPSA) is 0 Å². The van der Waals surface area contributed by atoms with Gasteiger partial charge in [0, 0.05) is 16.3 Å². The highest BCUT2D eigenvalue weighted by atomic mass is 79.9. The summed E-state index contributed by atoms with van der Waals surface area (Å²) >= 11 is 3.69. The summed E-state index contributed by atoms with van der Waals surface area (Å²) in [5.41, 5.74) is 3.80. The first-order valence-electron chi connectivity index (χ1n) is 5.29. The number of halogens is 1. The van der Waals surface area contributed by atoms with Crippen LogP contribution in [0.25, 0.3) is 0 Å². The molecule has 0 saturated heterocycles. The van der Waals surface area contributed by atoms with E-state index in [1.807, 2.05) is 0 Å². The second-order valence-corrected chi connectivity index (χ2v) is 5.67. The van der Waals surface area contributed by atoms with Crippen LogP contribution in [-0.4, -0.2) is 0 Å². The van der Waals surface area contributed by atoms with Gasteiger partial charge >= 0.3 is 0 Å². The SMILES string of the molecule is Brc1cccc2c1C1C=CC2C12CC2. The van der Waals surface area contributed by atoms with Crippen LogP contribution in [0.2, 0.25) is 0 Å². The van der Waals surface area contributed by atoms with Crippen LogP contribution in [0.1, 0.15) is 35.8 Å². The lowest BCUT2D eigenvalue weighted by atomic mass is 9.90. The number of hydrogen-bond donors (Lipinski definition) is 0. The van der Waals surface area contributed by atoms with Crippen molar-refractivity contribution in [2.75, 3.05) is 0 Å². The van der Waals surface area contributed by atoms with Gasteiger partial charge in [-0.15, -0.1) is 0 Å². The molecule has 2 bridgehead atoms. The average Bonchev–Trinajstić information content (AvgIpc) is 2.83. The second-order valence-electron chi connectivity index (χ2n) is 4.82. The first kappa shape index (κ1) is 7.70. The molecule has 1 saturated carbocycles. The highest BCUT2D eigenvalue weighted by Gasteiger charge is 2.61. The van der Waals surface area contributed by atoms with Crippen molar-refractivity contribution in [2.45, 2.75) is 24.7 Å². The third-order valence-electron chi connectivity index (χ3n) is 4.29. The molecule has 0 radical (unpaired) electrons. The zero-order chi connectivity index (χ0) is 9.34. The Balaban J connectivity index is 2.04. The molecule has 0 aliphatic heterocycles. The molecule has 1 spiro atoms. The molecule has 1 heteroatoms. The lowest BCUT2D eigenvalue weighted by molar-refractivity contribution is 0.484. The summed E-state index contributed by atoms with van der Waals surface area (Å²) < 4.78 is 1.32. The Labute approximate surface area is 92.1 Å². The van der Waals surface area contributed by atoms with Gasteiger partial charge in [0.1, 0.15) is 0 Å². The number of allylic oxidation sites excluding steroid dienone is 2. The Morgan fingerprint density at radius 2 is 1.93 bits per heavy atom. The summed E-state index contributed by atoms with van der Waals surface area (Å²) in [5.74, 6) is 1.46. The van der Waals surface area contributed by atoms with Gasteiger partial charge in [0.15, 0.2) is 0 Å². The van der Waals surface area contributed by atoms with Crippen LogP contribution in [0, 0.1) is 5.41 Å². The summed E-state index contributed by atoms with van der Waals surface area (Å²) in [6.07, 6.45) is 7.73. The lowest BCUT2D eigenvalue weighted by Crippen LogP contribution is -2.03. The number of benzene rings is 1. The number of fused-ring (bicyclic) bond motifs is 3. The van der Waals surface area contributed by atoms with Gasteiger partial charge in [-0.25, -0.2) is 0 Å². The van der Waals surface area contributed by atoms with E-state index in [9.17, 15) is 0 Å². The van der Waals surface area contributed by atoms with Crippen molar-refractivity contribution in [2.24, 2.45) is 5.41 Å². The fourth-order valence-corrected chi connectivity index (χ4v) is 4.14. The largest absolute Gasteiger partial charge is 0.0798 e. The summed E-state index contributed by atoms with van der Waals surface area (Å²) in [4.78, 5) is 0. The molecule has 4 rings (SSSR count). The zero-order valence-corrected chi connectivity index (χ0v) is 9.42. The molecule has 0 N–H and O–H groups in total. The summed E-state index contributed by atoms with van der Waals surface area (Å²) in [7, 11) is 0. The Morgan fingerprint density at radius 3 is 2.64 bits per heavy atom. The predicted octanol–water partition coefficient (Wildman–Crippen LogP) is 3.98. The molecule has 1 aromatic carbocycles. The standard InChI is InChI=1S/C13H11Br/c14-11-3-1-2-8-9-4-5-10(12(8)11)13(9)6-7-13/h1-5,9-10H,6-7H2. The van der Waals surface area contributed by atoms with Gasteiger partial charge in [0.2, 0.25) is 0 Å². The minimum Gasteiger partial charge on any atom is -0.0798 e. The normalized spacial score (nSPS) is 33.8. The van der Waals surface area contributed by atoms with E-state index in [4.69, 9.17) is 0 Å².